The predicted octanol–water partition coefficient (Wildman–Crippen LogP) is 2.34. The van der Waals surface area contributed by atoms with Gasteiger partial charge >= 0.3 is 12.0 Å². The molecule has 19 heteroatoms. The first kappa shape index (κ1) is 54.9. The second kappa shape index (κ2) is 22.6. The average Bonchev–Trinajstić information content (AvgIpc) is 3.26. The average molecular weight is 927 g/mol. The number of methoxy groups -OCH3 is 1. The van der Waals surface area contributed by atoms with Gasteiger partial charge in [-0.05, 0) is 105 Å². The number of likely N-dealkylation sites (N-methyl/N-ethyl adjacent to an activating group) is 1. The highest BCUT2D eigenvalue weighted by Gasteiger charge is 2.58. The van der Waals surface area contributed by atoms with Gasteiger partial charge in [-0.1, -0.05) is 27.7 Å². The third-order valence-corrected chi connectivity index (χ3v) is 14.3. The Labute approximate surface area is 386 Å². The van der Waals surface area contributed by atoms with Crippen molar-refractivity contribution in [1.29, 1.82) is 0 Å². The van der Waals surface area contributed by atoms with Crippen LogP contribution in [0.1, 0.15) is 108 Å². The number of ether oxygens (including phenoxy) is 6. The number of cyclic esters (lactones) is 1. The molecule has 374 valence electrons. The Morgan fingerprint density at radius 1 is 1.02 bits per heavy atom. The molecule has 1 aromatic rings. The van der Waals surface area contributed by atoms with E-state index in [1.165, 1.54) is 30.0 Å². The summed E-state index contributed by atoms with van der Waals surface area (Å²) in [7, 11) is 4.65. The summed E-state index contributed by atoms with van der Waals surface area (Å²) in [5.74, 6) is -2.70. The van der Waals surface area contributed by atoms with Crippen molar-refractivity contribution in [3.8, 4) is 0 Å². The van der Waals surface area contributed by atoms with Crippen LogP contribution in [0.15, 0.2) is 18.3 Å². The van der Waals surface area contributed by atoms with Gasteiger partial charge in [0.2, 0.25) is 0 Å². The number of nitrogens with one attached hydrogen (secondary N) is 2. The second-order valence-electron chi connectivity index (χ2n) is 19.8. The summed E-state index contributed by atoms with van der Waals surface area (Å²) in [4.78, 5) is 31.0. The number of aromatic nitrogens is 2. The molecule has 0 bridgehead atoms. The van der Waals surface area contributed by atoms with E-state index in [1.807, 2.05) is 13.8 Å². The Bertz CT molecular complexity index is 1670. The number of carbonyl (C=O) groups is 2. The highest BCUT2D eigenvalue weighted by Crippen LogP contribution is 2.43. The Kier molecular flexibility index (Phi) is 19.1. The number of urea groups is 1. The lowest BCUT2D eigenvalue weighted by atomic mass is 9.75. The largest absolute Gasteiger partial charge is 0.459 e. The van der Waals surface area contributed by atoms with Crippen molar-refractivity contribution >= 4 is 17.8 Å². The van der Waals surface area contributed by atoms with E-state index in [-0.39, 0.29) is 38.1 Å². The van der Waals surface area contributed by atoms with Crippen LogP contribution in [0.4, 0.5) is 10.6 Å². The number of anilines is 1. The lowest BCUT2D eigenvalue weighted by Gasteiger charge is -2.53. The molecule has 0 radical (unpaired) electrons. The molecule has 2 amide bonds. The molecule has 0 aliphatic carbocycles. The highest BCUT2D eigenvalue weighted by molar-refractivity contribution is 5.90. The van der Waals surface area contributed by atoms with E-state index in [0.29, 0.717) is 18.9 Å². The second-order valence-corrected chi connectivity index (χ2v) is 19.8. The zero-order valence-electron chi connectivity index (χ0n) is 41.3. The van der Waals surface area contributed by atoms with E-state index in [1.54, 1.807) is 81.6 Å². The van der Waals surface area contributed by atoms with E-state index >= 15 is 0 Å². The molecule has 65 heavy (non-hydrogen) atoms. The number of carbonyl (C=O) groups excluding carboxylic acids is 2. The molecule has 0 spiro atoms. The van der Waals surface area contributed by atoms with Gasteiger partial charge in [0.1, 0.15) is 35.1 Å². The summed E-state index contributed by atoms with van der Waals surface area (Å²) in [5.41, 5.74) is -6.24. The van der Waals surface area contributed by atoms with Crippen molar-refractivity contribution < 1.29 is 63.5 Å². The van der Waals surface area contributed by atoms with Crippen molar-refractivity contribution in [2.24, 2.45) is 17.8 Å². The summed E-state index contributed by atoms with van der Waals surface area (Å²) >= 11 is 0. The van der Waals surface area contributed by atoms with Crippen LogP contribution in [0.25, 0.3) is 0 Å². The summed E-state index contributed by atoms with van der Waals surface area (Å²) in [6, 6.07) is 1.40. The molecule has 3 fully saturated rings. The molecule has 0 aromatic carbocycles. The minimum Gasteiger partial charge on any atom is -0.459 e. The number of esters is 1. The summed E-state index contributed by atoms with van der Waals surface area (Å²) < 4.78 is 38.6. The summed E-state index contributed by atoms with van der Waals surface area (Å²) in [5, 5.41) is 74.7. The van der Waals surface area contributed by atoms with Crippen LogP contribution in [-0.2, 0) is 33.2 Å². The van der Waals surface area contributed by atoms with Crippen molar-refractivity contribution in [2.75, 3.05) is 45.7 Å². The van der Waals surface area contributed by atoms with Gasteiger partial charge in [0.25, 0.3) is 0 Å². The molecular formula is C46H82N6O13. The van der Waals surface area contributed by atoms with Crippen molar-refractivity contribution in [2.45, 2.75) is 198 Å². The van der Waals surface area contributed by atoms with Crippen LogP contribution in [0, 0.1) is 17.8 Å². The van der Waals surface area contributed by atoms with Gasteiger partial charge in [0.05, 0.1) is 42.0 Å². The zero-order valence-corrected chi connectivity index (χ0v) is 41.3. The van der Waals surface area contributed by atoms with Gasteiger partial charge < -0.3 is 69.5 Å². The number of amides is 2. The minimum atomic E-state index is -1.86. The first-order valence-corrected chi connectivity index (χ1v) is 23.4. The maximum absolute atomic E-state index is 14.5. The first-order chi connectivity index (χ1) is 30.3. The number of hydrogen-bond donors (Lipinski definition) is 7. The van der Waals surface area contributed by atoms with Crippen LogP contribution in [-0.4, -0.2) is 183 Å². The Balaban J connectivity index is 1.80. The molecule has 0 saturated carbocycles. The maximum atomic E-state index is 14.5. The lowest BCUT2D eigenvalue weighted by Crippen LogP contribution is -2.70. The monoisotopic (exact) mass is 927 g/mol. The Morgan fingerprint density at radius 2 is 1.69 bits per heavy atom. The molecular weight excluding hydrogens is 845 g/mol. The normalized spacial score (nSPS) is 42.6. The predicted molar refractivity (Wildman–Crippen MR) is 242 cm³/mol. The zero-order chi connectivity index (χ0) is 48.8. The van der Waals surface area contributed by atoms with Crippen LogP contribution < -0.4 is 15.5 Å². The number of nitrogens with zero attached hydrogens (tertiary/aromatic N) is 4. The molecule has 18 atom stereocenters. The SMILES string of the molecule is CCCNC[C@]1(O)[C@H](C)O[C@@H](O[C@H]2[C@H](C)[C@@H](O[C@@H]3O[C@H](C)C[C@H](N(C)C(=O)N(C)c4cccnn4)[C@H]3O)[C@](C)(O)C[C@@H](C)CN[C@H](C)[C@@H](O)[C@](C)(O)[C@@H](CC)OC(=O)[C@@H]2C)C[C@@]1(C)OC. The van der Waals surface area contributed by atoms with E-state index < -0.39 is 114 Å². The Morgan fingerprint density at radius 3 is 2.29 bits per heavy atom. The number of rotatable bonds is 12. The molecule has 1 aromatic heterocycles. The van der Waals surface area contributed by atoms with Crippen LogP contribution in [0.2, 0.25) is 0 Å². The number of aliphatic hydroxyl groups is 5. The van der Waals surface area contributed by atoms with Crippen LogP contribution in [0.3, 0.4) is 0 Å². The van der Waals surface area contributed by atoms with Crippen LogP contribution >= 0.6 is 0 Å². The molecule has 3 aliphatic rings. The Hall–Kier alpha value is -2.66. The molecule has 0 unspecified atom stereocenters. The fourth-order valence-corrected chi connectivity index (χ4v) is 10.0. The number of aliphatic hydroxyl groups excluding tert-OH is 2. The maximum Gasteiger partial charge on any atom is 0.325 e. The number of hydrogen-bond acceptors (Lipinski definition) is 17. The lowest BCUT2D eigenvalue weighted by molar-refractivity contribution is -0.336. The standard InChI is InChI=1S/C46H82N6O13/c1-15-19-47-25-46(59)31(8)62-35(23-44(46,10)60-14)64-37-28(5)39(65-41-36(53)32(21-27(4)61-41)51(12)42(56)52(13)34-18-17-20-49-50-34)43(9,57)22-26(3)24-48-30(7)38(54)45(11,58)33(16-2)63-40(55)29(37)6/h17-18,20,26-33,35-39,41,47-48,53-54,57-59H,15-16,19,21-25H2,1-14H3/t26-,27-,28+,29-,30-,31+,32+,33-,35+,36-,37+,38-,39-,41+,43-,44-,45-,46+/m1/s1. The van der Waals surface area contributed by atoms with Gasteiger partial charge in [0.15, 0.2) is 18.4 Å². The molecule has 3 saturated heterocycles. The van der Waals surface area contributed by atoms with Gasteiger partial charge in [-0.2, -0.15) is 5.10 Å². The van der Waals surface area contributed by atoms with Crippen molar-refractivity contribution in [3.63, 3.8) is 0 Å². The minimum absolute atomic E-state index is 0.0388. The molecule has 4 rings (SSSR count). The third kappa shape index (κ3) is 12.3. The van der Waals surface area contributed by atoms with E-state index in [2.05, 4.69) is 20.8 Å². The van der Waals surface area contributed by atoms with Gasteiger partial charge in [-0.25, -0.2) is 4.79 Å². The fraction of sp³-hybridized carbons (Fsp3) is 0.870. The van der Waals surface area contributed by atoms with E-state index in [9.17, 15) is 35.1 Å². The molecule has 4 heterocycles. The van der Waals surface area contributed by atoms with Crippen molar-refractivity contribution in [3.05, 3.63) is 18.3 Å². The van der Waals surface area contributed by atoms with Gasteiger partial charge in [-0.15, -0.1) is 5.10 Å². The molecule has 19 nitrogen and oxygen atoms in total. The van der Waals surface area contributed by atoms with Crippen LogP contribution in [0.5, 0.6) is 0 Å². The smallest absolute Gasteiger partial charge is 0.325 e. The van der Waals surface area contributed by atoms with Gasteiger partial charge in [-0.3, -0.25) is 9.69 Å². The van der Waals surface area contributed by atoms with Gasteiger partial charge in [0, 0.05) is 52.3 Å². The molecule has 3 aliphatic heterocycles. The molecule has 7 N–H and O–H groups in total. The highest BCUT2D eigenvalue weighted by atomic mass is 16.7. The van der Waals surface area contributed by atoms with E-state index in [0.717, 1.165) is 6.42 Å². The van der Waals surface area contributed by atoms with Crippen molar-refractivity contribution in [1.82, 2.24) is 25.7 Å². The topological polar surface area (TPSA) is 247 Å². The quantitative estimate of drug-likeness (QED) is 0.117. The first-order valence-electron chi connectivity index (χ1n) is 23.4. The summed E-state index contributed by atoms with van der Waals surface area (Å²) in [6.45, 7) is 20.3. The third-order valence-electron chi connectivity index (χ3n) is 14.3. The summed E-state index contributed by atoms with van der Waals surface area (Å²) in [6.07, 6.45) is -7.08. The van der Waals surface area contributed by atoms with E-state index in [4.69, 9.17) is 28.4 Å². The fourth-order valence-electron chi connectivity index (χ4n) is 10.0.